The highest BCUT2D eigenvalue weighted by Crippen LogP contribution is 2.27. The van der Waals surface area contributed by atoms with Crippen LogP contribution in [0.25, 0.3) is 0 Å². The maximum Gasteiger partial charge on any atom is 0.271 e. The minimum atomic E-state index is -4.29. The van der Waals surface area contributed by atoms with Gasteiger partial charge >= 0.3 is 0 Å². The van der Waals surface area contributed by atoms with Crippen LogP contribution in [0, 0.1) is 20.2 Å². The predicted molar refractivity (Wildman–Crippen MR) is 128 cm³/mol. The summed E-state index contributed by atoms with van der Waals surface area (Å²) < 4.78 is 27.2. The van der Waals surface area contributed by atoms with E-state index >= 15 is 0 Å². The summed E-state index contributed by atoms with van der Waals surface area (Å²) in [7, 11) is -4.29. The Morgan fingerprint density at radius 2 is 1.63 bits per heavy atom. The zero-order chi connectivity index (χ0) is 25.6. The van der Waals surface area contributed by atoms with Gasteiger partial charge in [0.1, 0.15) is 6.54 Å². The van der Waals surface area contributed by atoms with E-state index in [-0.39, 0.29) is 32.5 Å². The zero-order valence-electron chi connectivity index (χ0n) is 17.6. The van der Waals surface area contributed by atoms with Crippen molar-refractivity contribution in [3.05, 3.63) is 104 Å². The molecule has 0 saturated heterocycles. The number of nitro benzene ring substituents is 2. The van der Waals surface area contributed by atoms with Gasteiger partial charge in [0, 0.05) is 34.9 Å². The van der Waals surface area contributed by atoms with Gasteiger partial charge in [-0.3, -0.25) is 29.3 Å². The molecule has 0 aliphatic carbocycles. The second-order valence-electron chi connectivity index (χ2n) is 6.86. The fraction of sp³-hybridized carbons (Fsp3) is 0.0476. The number of non-ortho nitro benzene ring substituents is 2. The topological polar surface area (TPSA) is 165 Å². The summed E-state index contributed by atoms with van der Waals surface area (Å²) in [6.45, 7) is -0.765. The van der Waals surface area contributed by atoms with Crippen molar-refractivity contribution in [3.8, 4) is 0 Å². The van der Waals surface area contributed by atoms with Crippen LogP contribution in [0.5, 0.6) is 0 Å². The molecule has 3 aromatic rings. The third kappa shape index (κ3) is 6.16. The molecule has 0 atom stereocenters. The summed E-state index contributed by atoms with van der Waals surface area (Å²) in [6.07, 6.45) is 1.07. The molecule has 0 spiro atoms. The summed E-state index contributed by atoms with van der Waals surface area (Å²) in [5.41, 5.74) is 1.56. The molecule has 0 bridgehead atoms. The molecule has 0 aliphatic rings. The second kappa shape index (κ2) is 10.7. The number of nitrogens with one attached hydrogen (secondary N) is 1. The molecule has 0 aromatic heterocycles. The van der Waals surface area contributed by atoms with E-state index in [1.54, 1.807) is 6.07 Å². The molecule has 1 N–H and O–H groups in total. The lowest BCUT2D eigenvalue weighted by atomic mass is 10.2. The predicted octanol–water partition coefficient (Wildman–Crippen LogP) is 3.50. The maximum atomic E-state index is 13.2. The van der Waals surface area contributed by atoms with Crippen LogP contribution >= 0.6 is 11.6 Å². The number of nitrogens with zero attached hydrogens (tertiary/aromatic N) is 4. The fourth-order valence-corrected chi connectivity index (χ4v) is 4.48. The Balaban J connectivity index is 1.88. The van der Waals surface area contributed by atoms with Crippen molar-refractivity contribution in [1.29, 1.82) is 0 Å². The summed E-state index contributed by atoms with van der Waals surface area (Å²) in [5, 5.41) is 25.9. The Morgan fingerprint density at radius 1 is 0.971 bits per heavy atom. The van der Waals surface area contributed by atoms with Crippen molar-refractivity contribution in [1.82, 2.24) is 5.43 Å². The molecule has 0 saturated carbocycles. The molecule has 0 radical (unpaired) electrons. The molecular weight excluding hydrogens is 502 g/mol. The second-order valence-corrected chi connectivity index (χ2v) is 9.13. The van der Waals surface area contributed by atoms with Gasteiger partial charge in [-0.15, -0.1) is 0 Å². The van der Waals surface area contributed by atoms with Gasteiger partial charge in [-0.25, -0.2) is 13.8 Å². The van der Waals surface area contributed by atoms with Crippen LogP contribution in [-0.4, -0.2) is 36.9 Å². The molecule has 3 rings (SSSR count). The third-order valence-corrected chi connectivity index (χ3v) is 6.66. The van der Waals surface area contributed by atoms with Gasteiger partial charge in [-0.05, 0) is 24.3 Å². The molecule has 3 aromatic carbocycles. The van der Waals surface area contributed by atoms with Crippen LogP contribution in [0.1, 0.15) is 5.56 Å². The molecule has 0 aliphatic heterocycles. The number of sulfonamides is 1. The van der Waals surface area contributed by atoms with E-state index < -0.39 is 32.3 Å². The summed E-state index contributed by atoms with van der Waals surface area (Å²) >= 11 is 5.98. The molecule has 35 heavy (non-hydrogen) atoms. The maximum absolute atomic E-state index is 13.2. The quantitative estimate of drug-likeness (QED) is 0.257. The highest BCUT2D eigenvalue weighted by atomic mass is 35.5. The number of carbonyl (C=O) groups is 1. The largest absolute Gasteiger partial charge is 0.271 e. The monoisotopic (exact) mass is 517 g/mol. The highest BCUT2D eigenvalue weighted by molar-refractivity contribution is 7.92. The number of benzene rings is 3. The molecule has 0 unspecified atom stereocenters. The number of hydrogen-bond acceptors (Lipinski definition) is 8. The molecule has 14 heteroatoms. The van der Waals surface area contributed by atoms with E-state index in [2.05, 4.69) is 10.5 Å². The Bertz CT molecular complexity index is 1410. The summed E-state index contributed by atoms with van der Waals surface area (Å²) in [4.78, 5) is 33.2. The minimum Gasteiger partial charge on any atom is -0.271 e. The smallest absolute Gasteiger partial charge is 0.271 e. The number of carbonyl (C=O) groups excluding carboxylic acids is 1. The van der Waals surface area contributed by atoms with Gasteiger partial charge in [0.25, 0.3) is 27.3 Å². The van der Waals surface area contributed by atoms with E-state index in [4.69, 9.17) is 11.6 Å². The zero-order valence-corrected chi connectivity index (χ0v) is 19.2. The molecule has 0 heterocycles. The van der Waals surface area contributed by atoms with Crippen LogP contribution < -0.4 is 9.73 Å². The number of hydrazone groups is 1. The van der Waals surface area contributed by atoms with Gasteiger partial charge in [-0.2, -0.15) is 5.10 Å². The van der Waals surface area contributed by atoms with E-state index in [1.165, 1.54) is 54.6 Å². The van der Waals surface area contributed by atoms with E-state index in [0.29, 0.717) is 4.31 Å². The average molecular weight is 518 g/mol. The Morgan fingerprint density at radius 3 is 2.29 bits per heavy atom. The Labute approximate surface area is 203 Å². The van der Waals surface area contributed by atoms with E-state index in [0.717, 1.165) is 18.3 Å². The van der Waals surface area contributed by atoms with Crippen molar-refractivity contribution in [3.63, 3.8) is 0 Å². The molecule has 0 fully saturated rings. The highest BCUT2D eigenvalue weighted by Gasteiger charge is 2.28. The summed E-state index contributed by atoms with van der Waals surface area (Å²) in [6, 6.07) is 15.7. The van der Waals surface area contributed by atoms with Crippen molar-refractivity contribution in [2.45, 2.75) is 4.90 Å². The van der Waals surface area contributed by atoms with Gasteiger partial charge in [0.05, 0.1) is 26.6 Å². The number of hydrogen-bond donors (Lipinski definition) is 1. The van der Waals surface area contributed by atoms with E-state index in [9.17, 15) is 33.4 Å². The fourth-order valence-electron chi connectivity index (χ4n) is 2.88. The van der Waals surface area contributed by atoms with Gasteiger partial charge in [-0.1, -0.05) is 35.9 Å². The van der Waals surface area contributed by atoms with Gasteiger partial charge in [0.2, 0.25) is 0 Å². The summed E-state index contributed by atoms with van der Waals surface area (Å²) in [5.74, 6) is -0.881. The van der Waals surface area contributed by atoms with Crippen LogP contribution in [0.4, 0.5) is 17.1 Å². The van der Waals surface area contributed by atoms with Gasteiger partial charge < -0.3 is 0 Å². The van der Waals surface area contributed by atoms with Crippen LogP contribution in [0.15, 0.2) is 82.8 Å². The first-order valence-electron chi connectivity index (χ1n) is 9.67. The number of halogens is 1. The molecule has 12 nitrogen and oxygen atoms in total. The van der Waals surface area contributed by atoms with Crippen molar-refractivity contribution >= 4 is 50.8 Å². The minimum absolute atomic E-state index is 0.107. The van der Waals surface area contributed by atoms with Crippen molar-refractivity contribution in [2.24, 2.45) is 5.10 Å². The van der Waals surface area contributed by atoms with Crippen LogP contribution in [0.3, 0.4) is 0 Å². The SMILES string of the molecule is O=C(CN(c1cccc([N+](=O)[O-])c1)S(=O)(=O)c1ccccc1)N/N=C\c1cc([N+](=O)[O-])ccc1Cl. The van der Waals surface area contributed by atoms with E-state index in [1.807, 2.05) is 0 Å². The average Bonchev–Trinajstić information content (AvgIpc) is 2.84. The first-order valence-corrected chi connectivity index (χ1v) is 11.5. The normalized spacial score (nSPS) is 11.2. The van der Waals surface area contributed by atoms with Gasteiger partial charge in [0.15, 0.2) is 0 Å². The van der Waals surface area contributed by atoms with Crippen LogP contribution in [-0.2, 0) is 14.8 Å². The molecule has 180 valence electrons. The molecule has 1 amide bonds. The Kier molecular flexibility index (Phi) is 7.73. The third-order valence-electron chi connectivity index (χ3n) is 4.53. The lowest BCUT2D eigenvalue weighted by Gasteiger charge is -2.23. The molecular formula is C21H16ClN5O7S. The number of nitro groups is 2. The lowest BCUT2D eigenvalue weighted by molar-refractivity contribution is -0.385. The first-order chi connectivity index (χ1) is 16.6. The first kappa shape index (κ1) is 25.3. The van der Waals surface area contributed by atoms with Crippen molar-refractivity contribution < 1.29 is 23.1 Å². The standard InChI is InChI=1S/C21H16ClN5O7S/c22-20-10-9-18(27(31)32)11-15(20)13-23-24-21(28)14-25(16-5-4-6-17(12-16)26(29)30)35(33,34)19-7-2-1-3-8-19/h1-13H,14H2,(H,24,28)/b23-13-. The number of amides is 1. The van der Waals surface area contributed by atoms with Crippen LogP contribution in [0.2, 0.25) is 5.02 Å². The number of rotatable bonds is 9. The number of anilines is 1. The Hall–Kier alpha value is -4.36. The lowest BCUT2D eigenvalue weighted by Crippen LogP contribution is -2.39. The van der Waals surface area contributed by atoms with Crippen molar-refractivity contribution in [2.75, 3.05) is 10.8 Å².